The van der Waals surface area contributed by atoms with Crippen molar-refractivity contribution in [3.63, 3.8) is 0 Å². The van der Waals surface area contributed by atoms with E-state index in [2.05, 4.69) is 37.3 Å². The fourth-order valence-corrected chi connectivity index (χ4v) is 2.64. The molecule has 0 bridgehead atoms. The molecule has 0 aromatic rings. The largest absolute Gasteiger partial charge is 0.388 e. The van der Waals surface area contributed by atoms with E-state index >= 15 is 0 Å². The molecular weight excluding hydrogens is 240 g/mol. The zero-order chi connectivity index (χ0) is 14.5. The van der Waals surface area contributed by atoms with E-state index < -0.39 is 5.60 Å². The molecule has 19 heavy (non-hydrogen) atoms. The van der Waals surface area contributed by atoms with Gasteiger partial charge >= 0.3 is 6.03 Å². The van der Waals surface area contributed by atoms with Crippen molar-refractivity contribution in [2.75, 3.05) is 13.1 Å². The number of carbonyl (C=O) groups excluding carboxylic acids is 1. The average molecular weight is 266 g/mol. The van der Waals surface area contributed by atoms with Crippen LogP contribution in [0, 0.1) is 23.7 Å². The van der Waals surface area contributed by atoms with Crippen LogP contribution in [0.25, 0.3) is 0 Å². The third-order valence-corrected chi connectivity index (χ3v) is 4.07. The van der Waals surface area contributed by atoms with Gasteiger partial charge in [-0.3, -0.25) is 0 Å². The Morgan fingerprint density at radius 2 is 1.95 bits per heavy atom. The Kier molecular flexibility index (Phi) is 5.25. The van der Waals surface area contributed by atoms with Crippen LogP contribution in [-0.2, 0) is 0 Å². The van der Waals surface area contributed by atoms with Crippen LogP contribution < -0.4 is 10.6 Å². The molecule has 1 aliphatic carbocycles. The maximum absolute atomic E-state index is 11.4. The second kappa shape index (κ2) is 6.29. The van der Waals surface area contributed by atoms with E-state index in [0.29, 0.717) is 17.9 Å². The highest BCUT2D eigenvalue weighted by Crippen LogP contribution is 2.41. The van der Waals surface area contributed by atoms with Crippen molar-refractivity contribution >= 4 is 6.03 Å². The number of amides is 2. The van der Waals surface area contributed by atoms with E-state index in [4.69, 9.17) is 6.42 Å². The number of carbonyl (C=O) groups is 1. The fourth-order valence-electron chi connectivity index (χ4n) is 2.64. The van der Waals surface area contributed by atoms with Crippen LogP contribution in [0.4, 0.5) is 4.79 Å². The summed E-state index contributed by atoms with van der Waals surface area (Å²) in [6.45, 7) is 7.23. The van der Waals surface area contributed by atoms with Crippen LogP contribution in [0.5, 0.6) is 0 Å². The van der Waals surface area contributed by atoms with Crippen molar-refractivity contribution in [2.24, 2.45) is 11.3 Å². The standard InChI is InChI=1S/C15H26N2O2/c1-5-10-16-13(18)17-11-15(19)8-6-12(7-9-15)14(2,3)4/h1,12,19H,6-11H2,2-4H3,(H2,16,17,18). The van der Waals surface area contributed by atoms with Gasteiger partial charge in [0, 0.05) is 6.54 Å². The zero-order valence-corrected chi connectivity index (χ0v) is 12.3. The average Bonchev–Trinajstić information content (AvgIpc) is 2.33. The molecule has 0 radical (unpaired) electrons. The molecule has 4 nitrogen and oxygen atoms in total. The van der Waals surface area contributed by atoms with Crippen molar-refractivity contribution in [1.29, 1.82) is 0 Å². The molecule has 0 atom stereocenters. The fraction of sp³-hybridized carbons (Fsp3) is 0.800. The van der Waals surface area contributed by atoms with Crippen molar-refractivity contribution in [1.82, 2.24) is 10.6 Å². The van der Waals surface area contributed by atoms with Gasteiger partial charge in [-0.05, 0) is 37.0 Å². The van der Waals surface area contributed by atoms with Crippen molar-refractivity contribution < 1.29 is 9.90 Å². The van der Waals surface area contributed by atoms with Gasteiger partial charge in [-0.1, -0.05) is 26.7 Å². The first-order valence-corrected chi connectivity index (χ1v) is 6.94. The van der Waals surface area contributed by atoms with Gasteiger partial charge in [0.05, 0.1) is 12.1 Å². The van der Waals surface area contributed by atoms with Crippen molar-refractivity contribution in [3.8, 4) is 12.3 Å². The second-order valence-corrected chi connectivity index (χ2v) is 6.60. The Balaban J connectivity index is 2.36. The van der Waals surface area contributed by atoms with E-state index in [1.807, 2.05) is 0 Å². The number of hydrogen-bond donors (Lipinski definition) is 3. The molecule has 0 heterocycles. The maximum Gasteiger partial charge on any atom is 0.315 e. The first kappa shape index (κ1) is 15.8. The van der Waals surface area contributed by atoms with Gasteiger partial charge in [-0.2, -0.15) is 0 Å². The van der Waals surface area contributed by atoms with Crippen LogP contribution in [0.15, 0.2) is 0 Å². The summed E-state index contributed by atoms with van der Waals surface area (Å²) in [6, 6.07) is -0.315. The number of nitrogens with one attached hydrogen (secondary N) is 2. The van der Waals surface area contributed by atoms with Gasteiger partial charge in [0.2, 0.25) is 0 Å². The summed E-state index contributed by atoms with van der Waals surface area (Å²) in [7, 11) is 0. The van der Waals surface area contributed by atoms with Gasteiger partial charge < -0.3 is 15.7 Å². The number of urea groups is 1. The number of hydrogen-bond acceptors (Lipinski definition) is 2. The van der Waals surface area contributed by atoms with E-state index in [9.17, 15) is 9.90 Å². The van der Waals surface area contributed by atoms with Gasteiger partial charge in [-0.15, -0.1) is 6.42 Å². The highest BCUT2D eigenvalue weighted by atomic mass is 16.3. The zero-order valence-electron chi connectivity index (χ0n) is 12.3. The third kappa shape index (κ3) is 5.12. The molecule has 4 heteroatoms. The summed E-state index contributed by atoms with van der Waals surface area (Å²) >= 11 is 0. The lowest BCUT2D eigenvalue weighted by Crippen LogP contribution is -2.48. The topological polar surface area (TPSA) is 61.4 Å². The van der Waals surface area contributed by atoms with E-state index in [-0.39, 0.29) is 12.6 Å². The molecule has 0 aliphatic heterocycles. The summed E-state index contributed by atoms with van der Waals surface area (Å²) in [5.41, 5.74) is -0.478. The normalized spacial score (nSPS) is 27.4. The number of aliphatic hydroxyl groups is 1. The quantitative estimate of drug-likeness (QED) is 0.683. The molecule has 108 valence electrons. The molecule has 1 aliphatic rings. The lowest BCUT2D eigenvalue weighted by molar-refractivity contribution is -0.0218. The van der Waals surface area contributed by atoms with Gasteiger partial charge in [0.1, 0.15) is 0 Å². The Morgan fingerprint density at radius 3 is 2.42 bits per heavy atom. The van der Waals surface area contributed by atoms with E-state index in [0.717, 1.165) is 25.7 Å². The smallest absolute Gasteiger partial charge is 0.315 e. The van der Waals surface area contributed by atoms with Crippen LogP contribution in [0.1, 0.15) is 46.5 Å². The predicted molar refractivity (Wildman–Crippen MR) is 76.6 cm³/mol. The first-order chi connectivity index (χ1) is 8.77. The minimum Gasteiger partial charge on any atom is -0.388 e. The summed E-state index contributed by atoms with van der Waals surface area (Å²) in [5, 5.41) is 15.7. The van der Waals surface area contributed by atoms with Gasteiger partial charge in [0.15, 0.2) is 0 Å². The van der Waals surface area contributed by atoms with Crippen LogP contribution in [0.2, 0.25) is 0 Å². The molecule has 2 amide bonds. The highest BCUT2D eigenvalue weighted by Gasteiger charge is 2.37. The molecule has 1 fully saturated rings. The van der Waals surface area contributed by atoms with Gasteiger partial charge in [-0.25, -0.2) is 4.79 Å². The minimum absolute atomic E-state index is 0.205. The predicted octanol–water partition coefficient (Wildman–Crippen LogP) is 1.89. The second-order valence-electron chi connectivity index (χ2n) is 6.60. The van der Waals surface area contributed by atoms with Crippen molar-refractivity contribution in [3.05, 3.63) is 0 Å². The summed E-state index contributed by atoms with van der Waals surface area (Å²) in [6.07, 6.45) is 8.55. The molecule has 0 aromatic carbocycles. The molecule has 1 rings (SSSR count). The minimum atomic E-state index is -0.769. The summed E-state index contributed by atoms with van der Waals surface area (Å²) in [4.78, 5) is 11.4. The molecule has 1 saturated carbocycles. The maximum atomic E-state index is 11.4. The van der Waals surface area contributed by atoms with Crippen molar-refractivity contribution in [2.45, 2.75) is 52.1 Å². The molecule has 0 spiro atoms. The Bertz CT molecular complexity index is 344. The van der Waals surface area contributed by atoms with Crippen LogP contribution >= 0.6 is 0 Å². The first-order valence-electron chi connectivity index (χ1n) is 6.94. The number of rotatable bonds is 3. The SMILES string of the molecule is C#CCNC(=O)NCC1(O)CCC(C(C)(C)C)CC1. The van der Waals surface area contributed by atoms with Crippen LogP contribution in [0.3, 0.4) is 0 Å². The van der Waals surface area contributed by atoms with Gasteiger partial charge in [0.25, 0.3) is 0 Å². The summed E-state index contributed by atoms with van der Waals surface area (Å²) in [5.74, 6) is 2.98. The third-order valence-electron chi connectivity index (χ3n) is 4.07. The molecule has 0 saturated heterocycles. The Labute approximate surface area is 116 Å². The van der Waals surface area contributed by atoms with Crippen LogP contribution in [-0.4, -0.2) is 29.8 Å². The summed E-state index contributed by atoms with van der Waals surface area (Å²) < 4.78 is 0. The highest BCUT2D eigenvalue weighted by molar-refractivity contribution is 5.74. The molecular formula is C15H26N2O2. The Morgan fingerprint density at radius 1 is 1.37 bits per heavy atom. The van der Waals surface area contributed by atoms with E-state index in [1.165, 1.54) is 0 Å². The molecule has 3 N–H and O–H groups in total. The molecule has 0 unspecified atom stereocenters. The lowest BCUT2D eigenvalue weighted by Gasteiger charge is -2.41. The van der Waals surface area contributed by atoms with E-state index in [1.54, 1.807) is 0 Å². The lowest BCUT2D eigenvalue weighted by atomic mass is 9.68. The monoisotopic (exact) mass is 266 g/mol. The number of terminal acetylenes is 1. The Hall–Kier alpha value is -1.21. The molecule has 0 aromatic heterocycles.